The van der Waals surface area contributed by atoms with Gasteiger partial charge >= 0.3 is 0 Å². The zero-order valence-corrected chi connectivity index (χ0v) is 11.9. The van der Waals surface area contributed by atoms with Gasteiger partial charge in [-0.15, -0.1) is 6.58 Å². The van der Waals surface area contributed by atoms with Gasteiger partial charge in [0.25, 0.3) is 5.91 Å². The number of fused-ring (bicyclic) bond motifs is 1. The molecule has 1 aromatic carbocycles. The molecule has 0 saturated carbocycles. The molecule has 21 heavy (non-hydrogen) atoms. The molecule has 2 N–H and O–H groups in total. The zero-order valence-electron chi connectivity index (χ0n) is 11.9. The summed E-state index contributed by atoms with van der Waals surface area (Å²) < 4.78 is 5.18. The first-order valence-corrected chi connectivity index (χ1v) is 6.70. The van der Waals surface area contributed by atoms with E-state index < -0.39 is 11.5 Å². The molecule has 0 radical (unpaired) electrons. The first-order chi connectivity index (χ1) is 9.97. The second kappa shape index (κ2) is 4.56. The van der Waals surface area contributed by atoms with Gasteiger partial charge in [-0.25, -0.2) is 0 Å². The first kappa shape index (κ1) is 13.6. The average molecular weight is 284 g/mol. The number of amides is 1. The Morgan fingerprint density at radius 3 is 2.86 bits per heavy atom. The lowest BCUT2D eigenvalue weighted by Crippen LogP contribution is -2.33. The van der Waals surface area contributed by atoms with Gasteiger partial charge in [-0.1, -0.05) is 17.3 Å². The lowest BCUT2D eigenvalue weighted by Gasteiger charge is -2.19. The van der Waals surface area contributed by atoms with Crippen LogP contribution in [0.4, 0.5) is 5.69 Å². The van der Waals surface area contributed by atoms with Crippen molar-refractivity contribution < 1.29 is 14.4 Å². The minimum absolute atomic E-state index is 0.164. The van der Waals surface area contributed by atoms with Crippen LogP contribution in [0, 0.1) is 13.8 Å². The van der Waals surface area contributed by atoms with E-state index in [-0.39, 0.29) is 6.42 Å². The third kappa shape index (κ3) is 1.89. The van der Waals surface area contributed by atoms with Gasteiger partial charge in [-0.3, -0.25) is 4.79 Å². The van der Waals surface area contributed by atoms with Gasteiger partial charge in [0.1, 0.15) is 5.76 Å². The maximum absolute atomic E-state index is 12.0. The molecule has 0 fully saturated rings. The molecular formula is C16H16N2O3. The molecule has 0 spiro atoms. The fourth-order valence-electron chi connectivity index (χ4n) is 2.81. The minimum atomic E-state index is -1.56. The molecule has 2 heterocycles. The van der Waals surface area contributed by atoms with Crippen molar-refractivity contribution in [2.24, 2.45) is 0 Å². The second-order valence-corrected chi connectivity index (χ2v) is 5.27. The van der Waals surface area contributed by atoms with E-state index in [0.29, 0.717) is 17.0 Å². The molecule has 108 valence electrons. The summed E-state index contributed by atoms with van der Waals surface area (Å²) in [5.74, 6) is 0.283. The standard InChI is InChI=1S/C16H16N2O3/c1-4-7-16(20)12-8-11(5-6-13(12)17-15(16)19)14-9(2)18-21-10(14)3/h4-6,8,20H,1,7H2,2-3H3,(H,17,19). The lowest BCUT2D eigenvalue weighted by atomic mass is 9.89. The Labute approximate surface area is 122 Å². The monoisotopic (exact) mass is 284 g/mol. The van der Waals surface area contributed by atoms with E-state index in [2.05, 4.69) is 17.1 Å². The van der Waals surface area contributed by atoms with E-state index in [9.17, 15) is 9.90 Å². The molecule has 1 aliphatic heterocycles. The van der Waals surface area contributed by atoms with Crippen molar-refractivity contribution in [2.75, 3.05) is 5.32 Å². The number of carbonyl (C=O) groups is 1. The number of rotatable bonds is 3. The van der Waals surface area contributed by atoms with Gasteiger partial charge in [0.15, 0.2) is 5.60 Å². The molecule has 1 atom stereocenters. The van der Waals surface area contributed by atoms with Gasteiger partial charge in [-0.05, 0) is 31.5 Å². The Morgan fingerprint density at radius 1 is 1.48 bits per heavy atom. The average Bonchev–Trinajstić information content (AvgIpc) is 2.89. The number of nitrogens with one attached hydrogen (secondary N) is 1. The quantitative estimate of drug-likeness (QED) is 0.850. The molecule has 1 amide bonds. The predicted octanol–water partition coefficient (Wildman–Crippen LogP) is 2.67. The van der Waals surface area contributed by atoms with E-state index >= 15 is 0 Å². The van der Waals surface area contributed by atoms with Crippen LogP contribution < -0.4 is 5.32 Å². The van der Waals surface area contributed by atoms with E-state index in [1.54, 1.807) is 6.07 Å². The summed E-state index contributed by atoms with van der Waals surface area (Å²) in [6.45, 7) is 7.31. The Morgan fingerprint density at radius 2 is 2.24 bits per heavy atom. The molecule has 5 heteroatoms. The molecule has 1 aliphatic rings. The predicted molar refractivity (Wildman–Crippen MR) is 78.8 cm³/mol. The summed E-state index contributed by atoms with van der Waals surface area (Å²) in [7, 11) is 0. The molecular weight excluding hydrogens is 268 g/mol. The number of hydrogen-bond acceptors (Lipinski definition) is 4. The van der Waals surface area contributed by atoms with E-state index in [0.717, 1.165) is 16.8 Å². The summed E-state index contributed by atoms with van der Waals surface area (Å²) >= 11 is 0. The van der Waals surface area contributed by atoms with Crippen molar-refractivity contribution in [1.82, 2.24) is 5.16 Å². The maximum Gasteiger partial charge on any atom is 0.261 e. The largest absolute Gasteiger partial charge is 0.375 e. The molecule has 5 nitrogen and oxygen atoms in total. The third-order valence-electron chi connectivity index (χ3n) is 3.85. The molecule has 0 aliphatic carbocycles. The highest BCUT2D eigenvalue weighted by Gasteiger charge is 2.44. The van der Waals surface area contributed by atoms with Gasteiger partial charge in [0.2, 0.25) is 0 Å². The minimum Gasteiger partial charge on any atom is -0.375 e. The molecule has 2 aromatic rings. The first-order valence-electron chi connectivity index (χ1n) is 6.70. The topological polar surface area (TPSA) is 75.4 Å². The maximum atomic E-state index is 12.0. The summed E-state index contributed by atoms with van der Waals surface area (Å²) in [5, 5.41) is 17.3. The van der Waals surface area contributed by atoms with Crippen LogP contribution in [0.3, 0.4) is 0 Å². The van der Waals surface area contributed by atoms with Crippen molar-refractivity contribution >= 4 is 11.6 Å². The van der Waals surface area contributed by atoms with Crippen molar-refractivity contribution in [1.29, 1.82) is 0 Å². The van der Waals surface area contributed by atoms with Crippen LogP contribution in [0.2, 0.25) is 0 Å². The molecule has 0 bridgehead atoms. The number of aryl methyl sites for hydroxylation is 2. The summed E-state index contributed by atoms with van der Waals surface area (Å²) in [6, 6.07) is 5.48. The number of carbonyl (C=O) groups excluding carboxylic acids is 1. The lowest BCUT2D eigenvalue weighted by molar-refractivity contribution is -0.133. The van der Waals surface area contributed by atoms with E-state index in [4.69, 9.17) is 4.52 Å². The van der Waals surface area contributed by atoms with Gasteiger partial charge in [0.05, 0.1) is 5.69 Å². The van der Waals surface area contributed by atoms with Crippen LogP contribution in [0.1, 0.15) is 23.4 Å². The van der Waals surface area contributed by atoms with E-state index in [1.807, 2.05) is 26.0 Å². The number of anilines is 1. The van der Waals surface area contributed by atoms with Crippen LogP contribution in [0.15, 0.2) is 35.4 Å². The Kier molecular flexibility index (Phi) is 2.95. The highest BCUT2D eigenvalue weighted by Crippen LogP contribution is 2.41. The normalized spacial score (nSPS) is 20.2. The van der Waals surface area contributed by atoms with Crippen molar-refractivity contribution in [3.63, 3.8) is 0 Å². The second-order valence-electron chi connectivity index (χ2n) is 5.27. The van der Waals surface area contributed by atoms with Crippen LogP contribution in [0.5, 0.6) is 0 Å². The molecule has 3 rings (SSSR count). The number of aromatic nitrogens is 1. The van der Waals surface area contributed by atoms with Crippen LogP contribution in [-0.4, -0.2) is 16.2 Å². The number of hydrogen-bond donors (Lipinski definition) is 2. The fraction of sp³-hybridized carbons (Fsp3) is 0.250. The van der Waals surface area contributed by atoms with Crippen molar-refractivity contribution in [3.8, 4) is 11.1 Å². The van der Waals surface area contributed by atoms with Crippen LogP contribution in [-0.2, 0) is 10.4 Å². The Bertz CT molecular complexity index is 728. The highest BCUT2D eigenvalue weighted by atomic mass is 16.5. The van der Waals surface area contributed by atoms with Crippen molar-refractivity contribution in [3.05, 3.63) is 47.9 Å². The van der Waals surface area contributed by atoms with Crippen LogP contribution in [0.25, 0.3) is 11.1 Å². The molecule has 1 unspecified atom stereocenters. The van der Waals surface area contributed by atoms with Crippen LogP contribution >= 0.6 is 0 Å². The van der Waals surface area contributed by atoms with Gasteiger partial charge in [-0.2, -0.15) is 0 Å². The van der Waals surface area contributed by atoms with Gasteiger partial charge in [0, 0.05) is 23.2 Å². The SMILES string of the molecule is C=CCC1(O)C(=O)Nc2ccc(-c3c(C)noc3C)cc21. The number of benzene rings is 1. The number of nitrogens with zero attached hydrogens (tertiary/aromatic N) is 1. The fourth-order valence-corrected chi connectivity index (χ4v) is 2.81. The van der Waals surface area contributed by atoms with Gasteiger partial charge < -0.3 is 14.9 Å². The molecule has 0 saturated heterocycles. The Hall–Kier alpha value is -2.40. The van der Waals surface area contributed by atoms with E-state index in [1.165, 1.54) is 6.08 Å². The molecule has 1 aromatic heterocycles. The Balaban J connectivity index is 2.17. The number of aliphatic hydroxyl groups is 1. The third-order valence-corrected chi connectivity index (χ3v) is 3.85. The van der Waals surface area contributed by atoms with Crippen molar-refractivity contribution in [2.45, 2.75) is 25.9 Å². The zero-order chi connectivity index (χ0) is 15.2. The smallest absolute Gasteiger partial charge is 0.261 e. The highest BCUT2D eigenvalue weighted by molar-refractivity contribution is 6.05. The summed E-state index contributed by atoms with van der Waals surface area (Å²) in [6.07, 6.45) is 1.70. The summed E-state index contributed by atoms with van der Waals surface area (Å²) in [5.41, 5.74) is 2.15. The summed E-state index contributed by atoms with van der Waals surface area (Å²) in [4.78, 5) is 12.0.